The van der Waals surface area contributed by atoms with Crippen LogP contribution in [0.3, 0.4) is 0 Å². The van der Waals surface area contributed by atoms with Crippen molar-refractivity contribution in [3.05, 3.63) is 48.0 Å². The van der Waals surface area contributed by atoms with E-state index in [2.05, 4.69) is 11.8 Å². The Labute approximate surface area is 102 Å². The third kappa shape index (κ3) is 2.24. The van der Waals surface area contributed by atoms with E-state index in [1.165, 1.54) is 12.1 Å². The molecule has 0 radical (unpaired) electrons. The lowest BCUT2D eigenvalue weighted by Gasteiger charge is -2.21. The van der Waals surface area contributed by atoms with Crippen molar-refractivity contribution in [2.75, 3.05) is 0 Å². The zero-order chi connectivity index (χ0) is 12.7. The van der Waals surface area contributed by atoms with Crippen LogP contribution in [-0.2, 0) is 17.5 Å². The third-order valence-corrected chi connectivity index (χ3v) is 4.14. The van der Waals surface area contributed by atoms with Gasteiger partial charge in [-0.1, -0.05) is 36.4 Å². The summed E-state index contributed by atoms with van der Waals surface area (Å²) in [5.41, 5.74) is -4.25. The fraction of sp³-hybridized carbons (Fsp3) is 0.0909. The molecule has 0 saturated heterocycles. The van der Waals surface area contributed by atoms with Gasteiger partial charge in [-0.05, 0) is 28.6 Å². The maximum absolute atomic E-state index is 13.6. The predicted molar refractivity (Wildman–Crippen MR) is 66.6 cm³/mol. The Kier molecular flexibility index (Phi) is 3.04. The van der Waals surface area contributed by atoms with E-state index >= 15 is 0 Å². The van der Waals surface area contributed by atoms with Crippen LogP contribution < -0.4 is 0 Å². The van der Waals surface area contributed by atoms with Crippen LogP contribution >= 0.6 is 6.49 Å². The molecule has 2 N–H and O–H groups in total. The summed E-state index contributed by atoms with van der Waals surface area (Å²) in [5, 5.41) is 1.41. The molecule has 0 aliphatic heterocycles. The molecule has 0 amide bonds. The fourth-order valence-corrected chi connectivity index (χ4v) is 2.34. The van der Waals surface area contributed by atoms with Gasteiger partial charge in [0.2, 0.25) is 0 Å². The fourth-order valence-electron chi connectivity index (χ4n) is 1.54. The number of hydrogen-bond acceptors (Lipinski definition) is 1. The molecule has 0 spiro atoms. The second-order valence-corrected chi connectivity index (χ2v) is 6.82. The van der Waals surface area contributed by atoms with Crippen molar-refractivity contribution < 1.29 is 18.6 Å². The van der Waals surface area contributed by atoms with Gasteiger partial charge in [0.1, 0.15) is 0 Å². The molecule has 90 valence electrons. The van der Waals surface area contributed by atoms with Crippen LogP contribution in [0.4, 0.5) is 8.78 Å². The van der Waals surface area contributed by atoms with Crippen LogP contribution in [0.15, 0.2) is 42.5 Å². The summed E-state index contributed by atoms with van der Waals surface area (Å²) in [4.78, 5) is 18.0. The first-order valence-corrected chi connectivity index (χ1v) is 7.46. The van der Waals surface area contributed by atoms with Crippen molar-refractivity contribution in [3.8, 4) is 0 Å². The van der Waals surface area contributed by atoms with Gasteiger partial charge < -0.3 is 9.79 Å². The minimum absolute atomic E-state index is 0.468. The van der Waals surface area contributed by atoms with Crippen LogP contribution in [0.5, 0.6) is 0 Å². The maximum atomic E-state index is 13.6. The number of fused-ring (bicyclic) bond motifs is 1. The highest BCUT2D eigenvalue weighted by atomic mass is 32.5. The average Bonchev–Trinajstić information content (AvgIpc) is 2.27. The lowest BCUT2D eigenvalue weighted by Crippen LogP contribution is -2.13. The topological polar surface area (TPSA) is 40.5 Å². The molecule has 2 aromatic rings. The Hall–Kier alpha value is -0.870. The normalized spacial score (nSPS) is 12.9. The first-order valence-electron chi connectivity index (χ1n) is 4.75. The Morgan fingerprint density at radius 2 is 1.59 bits per heavy atom. The molecule has 2 rings (SSSR count). The van der Waals surface area contributed by atoms with Gasteiger partial charge in [-0.15, -0.1) is 0 Å². The van der Waals surface area contributed by atoms with Gasteiger partial charge in [0.05, 0.1) is 0 Å². The van der Waals surface area contributed by atoms with Gasteiger partial charge in [0, 0.05) is 5.56 Å². The number of alkyl halides is 2. The predicted octanol–water partition coefficient (Wildman–Crippen LogP) is 3.18. The molecule has 0 heterocycles. The second-order valence-electron chi connectivity index (χ2n) is 3.65. The monoisotopic (exact) mass is 274 g/mol. The van der Waals surface area contributed by atoms with E-state index in [-0.39, 0.29) is 0 Å². The summed E-state index contributed by atoms with van der Waals surface area (Å²) in [6, 6.07) is 10.9. The molecule has 0 aliphatic rings. The highest BCUT2D eigenvalue weighted by Crippen LogP contribution is 2.59. The molecule has 0 bridgehead atoms. The molecule has 0 atom stereocenters. The number of rotatable bonds is 2. The molecule has 0 unspecified atom stereocenters. The largest absolute Gasteiger partial charge is 0.345 e. The minimum atomic E-state index is -4.67. The summed E-state index contributed by atoms with van der Waals surface area (Å²) in [6.07, 6.45) is 0. The molecular formula is C11H9F2O2PS. The van der Waals surface area contributed by atoms with Crippen LogP contribution in [0.1, 0.15) is 5.56 Å². The molecular weight excluding hydrogens is 265 g/mol. The zero-order valence-corrected chi connectivity index (χ0v) is 10.3. The highest BCUT2D eigenvalue weighted by molar-refractivity contribution is 8.09. The summed E-state index contributed by atoms with van der Waals surface area (Å²) >= 11 is 4.10. The van der Waals surface area contributed by atoms with Gasteiger partial charge >= 0.3 is 5.66 Å². The van der Waals surface area contributed by atoms with E-state index in [1.54, 1.807) is 24.3 Å². The second kappa shape index (κ2) is 4.10. The highest BCUT2D eigenvalue weighted by Gasteiger charge is 2.45. The number of benzene rings is 2. The van der Waals surface area contributed by atoms with E-state index in [4.69, 9.17) is 9.79 Å². The minimum Gasteiger partial charge on any atom is -0.341 e. The van der Waals surface area contributed by atoms with E-state index in [0.717, 1.165) is 11.5 Å². The summed E-state index contributed by atoms with van der Waals surface area (Å²) in [6.45, 7) is -4.67. The number of hydrogen-bond donors (Lipinski definition) is 2. The molecule has 0 saturated carbocycles. The standard InChI is InChI=1S/C11H9F2O2PS/c12-11(13,16(14,15)17)10-6-5-8-3-1-2-4-9(8)7-10/h1-7H,(H2,14,15,17). The van der Waals surface area contributed by atoms with Crippen LogP contribution in [0, 0.1) is 0 Å². The summed E-state index contributed by atoms with van der Waals surface area (Å²) in [5.74, 6) is 0. The lowest BCUT2D eigenvalue weighted by molar-refractivity contribution is 0.0721. The SMILES string of the molecule is OP(O)(=S)C(F)(F)c1ccc2ccccc2c1. The van der Waals surface area contributed by atoms with Crippen molar-refractivity contribution in [3.63, 3.8) is 0 Å². The van der Waals surface area contributed by atoms with Gasteiger partial charge in [-0.2, -0.15) is 8.78 Å². The van der Waals surface area contributed by atoms with E-state index in [9.17, 15) is 8.78 Å². The van der Waals surface area contributed by atoms with Crippen molar-refractivity contribution in [2.24, 2.45) is 0 Å². The van der Waals surface area contributed by atoms with Gasteiger partial charge in [-0.3, -0.25) is 0 Å². The van der Waals surface area contributed by atoms with Crippen LogP contribution in [0.25, 0.3) is 10.8 Å². The molecule has 2 aromatic carbocycles. The smallest absolute Gasteiger partial charge is 0.341 e. The molecule has 0 fully saturated rings. The van der Waals surface area contributed by atoms with E-state index in [1.807, 2.05) is 0 Å². The molecule has 0 aromatic heterocycles. The Morgan fingerprint density at radius 1 is 1.00 bits per heavy atom. The van der Waals surface area contributed by atoms with E-state index < -0.39 is 17.7 Å². The van der Waals surface area contributed by atoms with Crippen LogP contribution in [-0.4, -0.2) is 9.79 Å². The van der Waals surface area contributed by atoms with Crippen molar-refractivity contribution in [2.45, 2.75) is 5.66 Å². The average molecular weight is 274 g/mol. The van der Waals surface area contributed by atoms with Crippen molar-refractivity contribution in [1.29, 1.82) is 0 Å². The zero-order valence-electron chi connectivity index (χ0n) is 8.55. The Balaban J connectivity index is 2.61. The lowest BCUT2D eigenvalue weighted by atomic mass is 10.1. The van der Waals surface area contributed by atoms with E-state index in [0.29, 0.717) is 5.39 Å². The maximum Gasteiger partial charge on any atom is 0.345 e. The number of halogens is 2. The van der Waals surface area contributed by atoms with Gasteiger partial charge in [-0.25, -0.2) is 0 Å². The van der Waals surface area contributed by atoms with Crippen molar-refractivity contribution >= 4 is 29.1 Å². The van der Waals surface area contributed by atoms with Gasteiger partial charge in [0.15, 0.2) is 0 Å². The Morgan fingerprint density at radius 3 is 2.18 bits per heavy atom. The molecule has 6 heteroatoms. The first-order chi connectivity index (χ1) is 7.82. The molecule has 0 aliphatic carbocycles. The first kappa shape index (κ1) is 12.6. The van der Waals surface area contributed by atoms with Crippen molar-refractivity contribution in [1.82, 2.24) is 0 Å². The summed E-state index contributed by atoms with van der Waals surface area (Å²) < 4.78 is 27.3. The van der Waals surface area contributed by atoms with Crippen LogP contribution in [0.2, 0.25) is 0 Å². The van der Waals surface area contributed by atoms with Gasteiger partial charge in [0.25, 0.3) is 6.49 Å². The summed E-state index contributed by atoms with van der Waals surface area (Å²) in [7, 11) is 0. The third-order valence-electron chi connectivity index (χ3n) is 2.46. The quantitative estimate of drug-likeness (QED) is 0.826. The molecule has 2 nitrogen and oxygen atoms in total. The Bertz CT molecular complexity index is 609. The molecule has 17 heavy (non-hydrogen) atoms.